The van der Waals surface area contributed by atoms with Gasteiger partial charge in [-0.1, -0.05) is 33.6 Å². The van der Waals surface area contributed by atoms with Crippen molar-refractivity contribution in [1.82, 2.24) is 0 Å². The third kappa shape index (κ3) is 1.80. The van der Waals surface area contributed by atoms with Crippen molar-refractivity contribution in [2.75, 3.05) is 0 Å². The first-order valence-corrected chi connectivity index (χ1v) is 4.64. The molecule has 0 atom stereocenters. The molecule has 0 heterocycles. The highest BCUT2D eigenvalue weighted by Gasteiger charge is 2.06. The summed E-state index contributed by atoms with van der Waals surface area (Å²) in [4.78, 5) is 0. The molecule has 3 heteroatoms. The Hall–Kier alpha value is -0.520. The van der Waals surface area contributed by atoms with Crippen molar-refractivity contribution in [2.24, 2.45) is 0 Å². The van der Waals surface area contributed by atoms with E-state index in [1.54, 1.807) is 0 Å². The lowest BCUT2D eigenvalue weighted by molar-refractivity contribution is 1.23. The molecule has 0 aromatic heterocycles. The number of aryl methyl sites for hydroxylation is 1. The summed E-state index contributed by atoms with van der Waals surface area (Å²) in [5.74, 6) is 0. The van der Waals surface area contributed by atoms with E-state index in [2.05, 4.69) is 22.0 Å². The molecule has 0 saturated heterocycles. The second-order valence-corrected chi connectivity index (χ2v) is 3.72. The van der Waals surface area contributed by atoms with E-state index in [1.807, 2.05) is 19.1 Å². The van der Waals surface area contributed by atoms with Gasteiger partial charge in [0.05, 0.1) is 12.5 Å². The third-order valence-electron chi connectivity index (χ3n) is 1.63. The smallest absolute Gasteiger partial charge is 0.0670 e. The highest BCUT2D eigenvalue weighted by atomic mass is 79.9. The number of nitrogens with zero attached hydrogens (tertiary/aromatic N) is 1. The maximum atomic E-state index is 8.53. The fraction of sp³-hybridized carbons (Fsp3) is 0.222. The molecule has 1 aromatic rings. The van der Waals surface area contributed by atoms with Crippen LogP contribution in [0.4, 0.5) is 0 Å². The van der Waals surface area contributed by atoms with Crippen molar-refractivity contribution in [3.05, 3.63) is 32.8 Å². The first-order valence-electron chi connectivity index (χ1n) is 3.47. The van der Waals surface area contributed by atoms with Gasteiger partial charge in [-0.15, -0.1) is 0 Å². The van der Waals surface area contributed by atoms with Crippen LogP contribution in [0.15, 0.2) is 16.6 Å². The van der Waals surface area contributed by atoms with E-state index >= 15 is 0 Å². The monoisotopic (exact) mass is 243 g/mol. The molecule has 0 spiro atoms. The maximum absolute atomic E-state index is 8.53. The Kier molecular flexibility index (Phi) is 3.13. The van der Waals surface area contributed by atoms with E-state index in [1.165, 1.54) is 0 Å². The van der Waals surface area contributed by atoms with Gasteiger partial charge >= 0.3 is 0 Å². The highest BCUT2D eigenvalue weighted by molar-refractivity contribution is 9.10. The molecular formula is C9H7BrClN. The summed E-state index contributed by atoms with van der Waals surface area (Å²) in [7, 11) is 0. The van der Waals surface area contributed by atoms with Gasteiger partial charge in [0.1, 0.15) is 0 Å². The second kappa shape index (κ2) is 3.93. The average molecular weight is 245 g/mol. The van der Waals surface area contributed by atoms with Crippen LogP contribution in [0, 0.1) is 18.3 Å². The molecule has 0 aliphatic rings. The van der Waals surface area contributed by atoms with Crippen LogP contribution in [0.25, 0.3) is 0 Å². The standard InChI is InChI=1S/C9H7BrClN/c1-6-2-3-8(10)7(4-5-12)9(6)11/h2-3H,4H2,1H3. The first kappa shape index (κ1) is 9.57. The van der Waals surface area contributed by atoms with Crippen LogP contribution in [0.3, 0.4) is 0 Å². The quantitative estimate of drug-likeness (QED) is 0.742. The lowest BCUT2D eigenvalue weighted by Gasteiger charge is -2.05. The summed E-state index contributed by atoms with van der Waals surface area (Å²) in [5, 5.41) is 9.22. The molecule has 1 aromatic carbocycles. The van der Waals surface area contributed by atoms with Gasteiger partial charge in [0.2, 0.25) is 0 Å². The molecule has 62 valence electrons. The summed E-state index contributed by atoms with van der Waals surface area (Å²) in [5.41, 5.74) is 1.88. The molecule has 0 bridgehead atoms. The number of nitriles is 1. The average Bonchev–Trinajstić information content (AvgIpc) is 2.06. The van der Waals surface area contributed by atoms with Gasteiger partial charge in [-0.05, 0) is 24.1 Å². The van der Waals surface area contributed by atoms with Gasteiger partial charge < -0.3 is 0 Å². The number of benzene rings is 1. The minimum absolute atomic E-state index is 0.348. The van der Waals surface area contributed by atoms with Crippen molar-refractivity contribution in [3.8, 4) is 6.07 Å². The summed E-state index contributed by atoms with van der Waals surface area (Å²) in [6.45, 7) is 1.93. The van der Waals surface area contributed by atoms with E-state index in [9.17, 15) is 0 Å². The summed E-state index contributed by atoms with van der Waals surface area (Å²) in [6, 6.07) is 5.91. The van der Waals surface area contributed by atoms with Gasteiger partial charge in [0.15, 0.2) is 0 Å². The first-order chi connectivity index (χ1) is 5.66. The van der Waals surface area contributed by atoms with Crippen LogP contribution in [0.1, 0.15) is 11.1 Å². The lowest BCUT2D eigenvalue weighted by Crippen LogP contribution is -1.88. The minimum Gasteiger partial charge on any atom is -0.198 e. The van der Waals surface area contributed by atoms with Crippen molar-refractivity contribution >= 4 is 27.5 Å². The van der Waals surface area contributed by atoms with Crippen LogP contribution in [0.5, 0.6) is 0 Å². The highest BCUT2D eigenvalue weighted by Crippen LogP contribution is 2.28. The Morgan fingerprint density at radius 2 is 2.25 bits per heavy atom. The zero-order chi connectivity index (χ0) is 9.14. The van der Waals surface area contributed by atoms with Crippen molar-refractivity contribution in [1.29, 1.82) is 5.26 Å². The Morgan fingerprint density at radius 3 is 2.83 bits per heavy atom. The van der Waals surface area contributed by atoms with E-state index in [0.29, 0.717) is 11.4 Å². The number of hydrogen-bond donors (Lipinski definition) is 0. The van der Waals surface area contributed by atoms with Crippen molar-refractivity contribution in [2.45, 2.75) is 13.3 Å². The molecule has 0 radical (unpaired) electrons. The Balaban J connectivity index is 3.25. The Morgan fingerprint density at radius 1 is 1.58 bits per heavy atom. The summed E-state index contributed by atoms with van der Waals surface area (Å²) < 4.78 is 0.902. The second-order valence-electron chi connectivity index (χ2n) is 2.49. The number of hydrogen-bond acceptors (Lipinski definition) is 1. The van der Waals surface area contributed by atoms with Crippen molar-refractivity contribution < 1.29 is 0 Å². The van der Waals surface area contributed by atoms with E-state index < -0.39 is 0 Å². The van der Waals surface area contributed by atoms with Crippen LogP contribution in [0.2, 0.25) is 5.02 Å². The molecule has 0 fully saturated rings. The maximum Gasteiger partial charge on any atom is 0.0670 e. The molecule has 0 aliphatic carbocycles. The fourth-order valence-electron chi connectivity index (χ4n) is 0.956. The minimum atomic E-state index is 0.348. The van der Waals surface area contributed by atoms with Gasteiger partial charge in [-0.2, -0.15) is 5.26 Å². The van der Waals surface area contributed by atoms with Crippen molar-refractivity contribution in [3.63, 3.8) is 0 Å². The van der Waals surface area contributed by atoms with Crippen LogP contribution in [-0.4, -0.2) is 0 Å². The zero-order valence-corrected chi connectivity index (χ0v) is 8.91. The van der Waals surface area contributed by atoms with Gasteiger partial charge in [0, 0.05) is 9.50 Å². The van der Waals surface area contributed by atoms with Gasteiger partial charge in [-0.3, -0.25) is 0 Å². The molecule has 12 heavy (non-hydrogen) atoms. The topological polar surface area (TPSA) is 23.8 Å². The van der Waals surface area contributed by atoms with Crippen LogP contribution in [-0.2, 0) is 6.42 Å². The predicted molar refractivity (Wildman–Crippen MR) is 53.2 cm³/mol. The SMILES string of the molecule is Cc1ccc(Br)c(CC#N)c1Cl. The molecule has 0 unspecified atom stereocenters. The van der Waals surface area contributed by atoms with E-state index in [-0.39, 0.29) is 0 Å². The molecule has 0 aliphatic heterocycles. The van der Waals surface area contributed by atoms with Crippen LogP contribution < -0.4 is 0 Å². The number of rotatable bonds is 1. The normalized spacial score (nSPS) is 9.50. The van der Waals surface area contributed by atoms with Crippen LogP contribution >= 0.6 is 27.5 Å². The number of halogens is 2. The van der Waals surface area contributed by atoms with Gasteiger partial charge in [0.25, 0.3) is 0 Å². The van der Waals surface area contributed by atoms with Gasteiger partial charge in [-0.25, -0.2) is 0 Å². The molecule has 0 N–H and O–H groups in total. The molecule has 0 saturated carbocycles. The van der Waals surface area contributed by atoms with E-state index in [0.717, 1.165) is 15.6 Å². The predicted octanol–water partition coefficient (Wildman–Crippen LogP) is 3.48. The molecule has 1 nitrogen and oxygen atoms in total. The largest absolute Gasteiger partial charge is 0.198 e. The lowest BCUT2D eigenvalue weighted by atomic mass is 10.1. The summed E-state index contributed by atoms with van der Waals surface area (Å²) >= 11 is 9.34. The molecular weight excluding hydrogens is 237 g/mol. The third-order valence-corrected chi connectivity index (χ3v) is 2.90. The zero-order valence-electron chi connectivity index (χ0n) is 6.56. The Bertz CT molecular complexity index is 341. The van der Waals surface area contributed by atoms with E-state index in [4.69, 9.17) is 16.9 Å². The summed E-state index contributed by atoms with van der Waals surface area (Å²) in [6.07, 6.45) is 0.348. The molecule has 1 rings (SSSR count). The molecule has 0 amide bonds. The fourth-order valence-corrected chi connectivity index (χ4v) is 1.77. The Labute approximate surface area is 85.1 Å².